The van der Waals surface area contributed by atoms with E-state index in [4.69, 9.17) is 0 Å². The van der Waals surface area contributed by atoms with E-state index in [1.165, 1.54) is 12.1 Å². The summed E-state index contributed by atoms with van der Waals surface area (Å²) in [5, 5.41) is 6.46. The van der Waals surface area contributed by atoms with Gasteiger partial charge in [-0.05, 0) is 45.4 Å². The van der Waals surface area contributed by atoms with Crippen LogP contribution in [0, 0.1) is 5.82 Å². The lowest BCUT2D eigenvalue weighted by atomic mass is 10.1. The lowest BCUT2D eigenvalue weighted by molar-refractivity contribution is 0.501. The Bertz CT molecular complexity index is 413. The molecule has 108 valence electrons. The lowest BCUT2D eigenvalue weighted by Crippen LogP contribution is -2.47. The molecule has 0 fully saturated rings. The van der Waals surface area contributed by atoms with Gasteiger partial charge in [0, 0.05) is 12.1 Å². The van der Waals surface area contributed by atoms with E-state index in [9.17, 15) is 4.39 Å². The third kappa shape index (κ3) is 8.02. The molecule has 0 atom stereocenters. The van der Waals surface area contributed by atoms with Gasteiger partial charge in [-0.3, -0.25) is 0 Å². The standard InChI is InChI=1S/C14H22FN3.HI/c1-5-16-13(18-14(2,3)4)17-10-11-7-6-8-12(15)9-11;/h6-9H,5,10H2,1-4H3,(H2,16,17,18);1H. The van der Waals surface area contributed by atoms with Crippen molar-refractivity contribution in [1.29, 1.82) is 0 Å². The number of nitrogens with zero attached hydrogens (tertiary/aromatic N) is 1. The van der Waals surface area contributed by atoms with E-state index in [1.54, 1.807) is 6.07 Å². The minimum Gasteiger partial charge on any atom is -0.357 e. The van der Waals surface area contributed by atoms with Gasteiger partial charge >= 0.3 is 0 Å². The van der Waals surface area contributed by atoms with Crippen molar-refractivity contribution in [3.05, 3.63) is 35.6 Å². The van der Waals surface area contributed by atoms with Crippen LogP contribution >= 0.6 is 24.0 Å². The van der Waals surface area contributed by atoms with Crippen LogP contribution < -0.4 is 10.6 Å². The zero-order chi connectivity index (χ0) is 13.6. The average molecular weight is 379 g/mol. The molecule has 0 radical (unpaired) electrons. The van der Waals surface area contributed by atoms with Gasteiger partial charge < -0.3 is 10.6 Å². The third-order valence-electron chi connectivity index (χ3n) is 2.15. The summed E-state index contributed by atoms with van der Waals surface area (Å²) < 4.78 is 13.0. The minimum atomic E-state index is -0.225. The Morgan fingerprint density at radius 2 is 2.00 bits per heavy atom. The molecule has 1 rings (SSSR count). The predicted octanol–water partition coefficient (Wildman–Crippen LogP) is 3.30. The fraction of sp³-hybridized carbons (Fsp3) is 0.500. The Kier molecular flexibility index (Phi) is 7.97. The van der Waals surface area contributed by atoms with Gasteiger partial charge in [-0.25, -0.2) is 9.38 Å². The summed E-state index contributed by atoms with van der Waals surface area (Å²) in [6, 6.07) is 6.51. The van der Waals surface area contributed by atoms with E-state index in [2.05, 4.69) is 36.4 Å². The second-order valence-corrected chi connectivity index (χ2v) is 5.20. The van der Waals surface area contributed by atoms with Crippen molar-refractivity contribution in [1.82, 2.24) is 10.6 Å². The van der Waals surface area contributed by atoms with Gasteiger partial charge in [-0.2, -0.15) is 0 Å². The number of halogens is 2. The number of nitrogens with one attached hydrogen (secondary N) is 2. The van der Waals surface area contributed by atoms with Crippen molar-refractivity contribution >= 4 is 29.9 Å². The number of hydrogen-bond donors (Lipinski definition) is 2. The molecular formula is C14H23FIN3. The molecule has 3 nitrogen and oxygen atoms in total. The first-order chi connectivity index (χ1) is 8.40. The first-order valence-electron chi connectivity index (χ1n) is 6.21. The Morgan fingerprint density at radius 1 is 1.32 bits per heavy atom. The average Bonchev–Trinajstić information content (AvgIpc) is 2.24. The van der Waals surface area contributed by atoms with Gasteiger partial charge in [0.25, 0.3) is 0 Å². The predicted molar refractivity (Wildman–Crippen MR) is 89.5 cm³/mol. The maximum absolute atomic E-state index is 13.0. The molecule has 0 saturated heterocycles. The second kappa shape index (κ2) is 8.35. The van der Waals surface area contributed by atoms with E-state index in [0.717, 1.165) is 18.1 Å². The van der Waals surface area contributed by atoms with Crippen LogP contribution in [-0.4, -0.2) is 18.0 Å². The van der Waals surface area contributed by atoms with Crippen LogP contribution in [0.15, 0.2) is 29.3 Å². The van der Waals surface area contributed by atoms with E-state index >= 15 is 0 Å². The molecule has 0 unspecified atom stereocenters. The molecule has 0 saturated carbocycles. The molecule has 0 aromatic heterocycles. The van der Waals surface area contributed by atoms with E-state index < -0.39 is 0 Å². The highest BCUT2D eigenvalue weighted by molar-refractivity contribution is 14.0. The van der Waals surface area contributed by atoms with Crippen LogP contribution in [0.1, 0.15) is 33.3 Å². The molecule has 5 heteroatoms. The molecule has 0 spiro atoms. The summed E-state index contributed by atoms with van der Waals surface area (Å²) in [7, 11) is 0. The Labute approximate surface area is 132 Å². The van der Waals surface area contributed by atoms with Gasteiger partial charge in [0.05, 0.1) is 6.54 Å². The molecule has 0 heterocycles. The largest absolute Gasteiger partial charge is 0.357 e. The fourth-order valence-corrected chi connectivity index (χ4v) is 1.47. The van der Waals surface area contributed by atoms with E-state index in [0.29, 0.717) is 6.54 Å². The molecule has 0 aliphatic rings. The highest BCUT2D eigenvalue weighted by atomic mass is 127. The summed E-state index contributed by atoms with van der Waals surface area (Å²) in [5.74, 6) is 0.519. The normalized spacial score (nSPS) is 11.7. The number of rotatable bonds is 3. The van der Waals surface area contributed by atoms with E-state index in [1.807, 2.05) is 13.0 Å². The van der Waals surface area contributed by atoms with Gasteiger partial charge in [-0.1, -0.05) is 12.1 Å². The molecule has 1 aromatic carbocycles. The van der Waals surface area contributed by atoms with Crippen molar-refractivity contribution in [2.45, 2.75) is 39.8 Å². The van der Waals surface area contributed by atoms with Gasteiger partial charge in [-0.15, -0.1) is 24.0 Å². The summed E-state index contributed by atoms with van der Waals surface area (Å²) in [5.41, 5.74) is 0.810. The first-order valence-corrected chi connectivity index (χ1v) is 6.21. The number of hydrogen-bond acceptors (Lipinski definition) is 1. The molecule has 0 amide bonds. The Morgan fingerprint density at radius 3 is 2.53 bits per heavy atom. The molecule has 19 heavy (non-hydrogen) atoms. The van der Waals surface area contributed by atoms with Crippen molar-refractivity contribution in [3.63, 3.8) is 0 Å². The highest BCUT2D eigenvalue weighted by Crippen LogP contribution is 2.05. The van der Waals surface area contributed by atoms with E-state index in [-0.39, 0.29) is 35.3 Å². The van der Waals surface area contributed by atoms with Crippen LogP contribution in [0.3, 0.4) is 0 Å². The van der Waals surface area contributed by atoms with Crippen LogP contribution in [0.5, 0.6) is 0 Å². The molecule has 2 N–H and O–H groups in total. The van der Waals surface area contributed by atoms with Crippen LogP contribution in [0.2, 0.25) is 0 Å². The Balaban J connectivity index is 0.00000324. The number of aliphatic imine (C=N–C) groups is 1. The maximum Gasteiger partial charge on any atom is 0.191 e. The van der Waals surface area contributed by atoms with Gasteiger partial charge in [0.2, 0.25) is 0 Å². The van der Waals surface area contributed by atoms with Gasteiger partial charge in [0.1, 0.15) is 5.82 Å². The minimum absolute atomic E-state index is 0. The SMILES string of the molecule is CCNC(=NCc1cccc(F)c1)NC(C)(C)C.I. The van der Waals surface area contributed by atoms with Crippen molar-refractivity contribution in [3.8, 4) is 0 Å². The number of benzene rings is 1. The van der Waals surface area contributed by atoms with Gasteiger partial charge in [0.15, 0.2) is 5.96 Å². The summed E-state index contributed by atoms with van der Waals surface area (Å²) >= 11 is 0. The van der Waals surface area contributed by atoms with Crippen molar-refractivity contribution in [2.24, 2.45) is 4.99 Å². The summed E-state index contributed by atoms with van der Waals surface area (Å²) in [4.78, 5) is 4.44. The van der Waals surface area contributed by atoms with Crippen LogP contribution in [-0.2, 0) is 6.54 Å². The molecule has 1 aromatic rings. The number of guanidine groups is 1. The molecular weight excluding hydrogens is 356 g/mol. The topological polar surface area (TPSA) is 36.4 Å². The zero-order valence-electron chi connectivity index (χ0n) is 12.0. The maximum atomic E-state index is 13.0. The van der Waals surface area contributed by atoms with Crippen LogP contribution in [0.4, 0.5) is 4.39 Å². The fourth-order valence-electron chi connectivity index (χ4n) is 1.47. The third-order valence-corrected chi connectivity index (χ3v) is 2.15. The summed E-state index contributed by atoms with van der Waals surface area (Å²) in [6.07, 6.45) is 0. The second-order valence-electron chi connectivity index (χ2n) is 5.20. The zero-order valence-corrected chi connectivity index (χ0v) is 14.3. The monoisotopic (exact) mass is 379 g/mol. The summed E-state index contributed by atoms with van der Waals surface area (Å²) in [6.45, 7) is 9.49. The first kappa shape index (κ1) is 18.1. The Hall–Kier alpha value is -0.850. The molecule has 0 aliphatic carbocycles. The molecule has 0 bridgehead atoms. The quantitative estimate of drug-likeness (QED) is 0.481. The van der Waals surface area contributed by atoms with Crippen molar-refractivity contribution in [2.75, 3.05) is 6.54 Å². The molecule has 0 aliphatic heterocycles. The van der Waals surface area contributed by atoms with Crippen molar-refractivity contribution < 1.29 is 4.39 Å². The smallest absolute Gasteiger partial charge is 0.191 e. The highest BCUT2D eigenvalue weighted by Gasteiger charge is 2.11. The van der Waals surface area contributed by atoms with Crippen LogP contribution in [0.25, 0.3) is 0 Å². The lowest BCUT2D eigenvalue weighted by Gasteiger charge is -2.23.